The number of benzene rings is 1. The summed E-state index contributed by atoms with van der Waals surface area (Å²) in [4.78, 5) is 23.0. The van der Waals surface area contributed by atoms with Gasteiger partial charge in [-0.1, -0.05) is 37.3 Å². The zero-order chi connectivity index (χ0) is 16.8. The molecule has 1 aliphatic heterocycles. The molecule has 24 heavy (non-hydrogen) atoms. The van der Waals surface area contributed by atoms with Crippen molar-refractivity contribution in [3.05, 3.63) is 54.0 Å². The highest BCUT2D eigenvalue weighted by atomic mass is 16.2. The van der Waals surface area contributed by atoms with E-state index in [1.807, 2.05) is 23.1 Å². The molecule has 3 rings (SSSR count). The second kappa shape index (κ2) is 7.90. The number of likely N-dealkylation sites (tertiary alicyclic amines) is 1. The van der Waals surface area contributed by atoms with E-state index in [1.54, 1.807) is 12.4 Å². The van der Waals surface area contributed by atoms with E-state index < -0.39 is 0 Å². The summed E-state index contributed by atoms with van der Waals surface area (Å²) in [5.74, 6) is 1.26. The van der Waals surface area contributed by atoms with Crippen molar-refractivity contribution in [3.63, 3.8) is 0 Å². The number of carbonyl (C=O) groups excluding carboxylic acids is 1. The lowest BCUT2D eigenvalue weighted by Gasteiger charge is -2.30. The Kier molecular flexibility index (Phi) is 5.41. The molecule has 0 radical (unpaired) electrons. The van der Waals surface area contributed by atoms with Crippen LogP contribution >= 0.6 is 0 Å². The van der Waals surface area contributed by atoms with E-state index in [0.717, 1.165) is 32.5 Å². The zero-order valence-electron chi connectivity index (χ0n) is 14.1. The van der Waals surface area contributed by atoms with Gasteiger partial charge in [0.05, 0.1) is 12.4 Å². The minimum Gasteiger partial charge on any atom is -0.368 e. The van der Waals surface area contributed by atoms with Gasteiger partial charge in [0.15, 0.2) is 0 Å². The molecule has 1 N–H and O–H groups in total. The first-order valence-corrected chi connectivity index (χ1v) is 8.61. The van der Waals surface area contributed by atoms with Crippen LogP contribution in [0.25, 0.3) is 0 Å². The summed E-state index contributed by atoms with van der Waals surface area (Å²) in [6.07, 6.45) is 6.41. The maximum Gasteiger partial charge on any atom is 0.274 e. The second-order valence-electron chi connectivity index (χ2n) is 6.45. The van der Waals surface area contributed by atoms with Crippen LogP contribution in [0.2, 0.25) is 0 Å². The summed E-state index contributed by atoms with van der Waals surface area (Å²) in [6.45, 7) is 4.61. The van der Waals surface area contributed by atoms with Gasteiger partial charge in [-0.05, 0) is 30.7 Å². The summed E-state index contributed by atoms with van der Waals surface area (Å²) >= 11 is 0. The van der Waals surface area contributed by atoms with E-state index in [0.29, 0.717) is 17.4 Å². The van der Waals surface area contributed by atoms with Crippen LogP contribution in [0, 0.1) is 5.92 Å². The largest absolute Gasteiger partial charge is 0.368 e. The summed E-state index contributed by atoms with van der Waals surface area (Å²) in [7, 11) is 0. The summed E-state index contributed by atoms with van der Waals surface area (Å²) in [5, 5.41) is 3.25. The van der Waals surface area contributed by atoms with Gasteiger partial charge < -0.3 is 10.2 Å². The van der Waals surface area contributed by atoms with Gasteiger partial charge in [-0.2, -0.15) is 0 Å². The van der Waals surface area contributed by atoms with Crippen LogP contribution in [0.1, 0.15) is 35.8 Å². The lowest BCUT2D eigenvalue weighted by atomic mass is 10.0. The molecule has 5 heteroatoms. The second-order valence-corrected chi connectivity index (χ2v) is 6.45. The average Bonchev–Trinajstić information content (AvgIpc) is 2.63. The molecular formula is C19H24N4O. The molecule has 2 heterocycles. The fourth-order valence-corrected chi connectivity index (χ4v) is 3.05. The molecule has 2 aromatic rings. The third kappa shape index (κ3) is 4.31. The van der Waals surface area contributed by atoms with E-state index >= 15 is 0 Å². The standard InChI is InChI=1S/C19H24N4O/c1-15-6-5-11-23(14-15)19(24)17-12-22-18(13-21-17)20-10-9-16-7-3-2-4-8-16/h2-4,7-8,12-13,15H,5-6,9-11,14H2,1H3,(H,20,22). The van der Waals surface area contributed by atoms with E-state index in [1.165, 1.54) is 12.0 Å². The highest BCUT2D eigenvalue weighted by Crippen LogP contribution is 2.17. The van der Waals surface area contributed by atoms with Crippen LogP contribution in [-0.4, -0.2) is 40.4 Å². The Bertz CT molecular complexity index is 657. The molecule has 1 aromatic carbocycles. The van der Waals surface area contributed by atoms with Gasteiger partial charge in [0, 0.05) is 19.6 Å². The van der Waals surface area contributed by atoms with Gasteiger partial charge in [-0.3, -0.25) is 4.79 Å². The number of aromatic nitrogens is 2. The van der Waals surface area contributed by atoms with E-state index in [9.17, 15) is 4.79 Å². The Labute approximate surface area is 143 Å². The molecule has 1 aliphatic rings. The van der Waals surface area contributed by atoms with Gasteiger partial charge in [-0.15, -0.1) is 0 Å². The monoisotopic (exact) mass is 324 g/mol. The van der Waals surface area contributed by atoms with Gasteiger partial charge in [-0.25, -0.2) is 9.97 Å². The molecule has 1 saturated heterocycles. The lowest BCUT2D eigenvalue weighted by Crippen LogP contribution is -2.39. The number of amides is 1. The van der Waals surface area contributed by atoms with Crippen molar-refractivity contribution >= 4 is 11.7 Å². The van der Waals surface area contributed by atoms with Crippen molar-refractivity contribution in [3.8, 4) is 0 Å². The maximum absolute atomic E-state index is 12.5. The summed E-state index contributed by atoms with van der Waals surface area (Å²) < 4.78 is 0. The van der Waals surface area contributed by atoms with Gasteiger partial charge in [0.25, 0.3) is 5.91 Å². The third-order valence-corrected chi connectivity index (χ3v) is 4.38. The molecule has 0 saturated carbocycles. The van der Waals surface area contributed by atoms with Crippen molar-refractivity contribution in [2.75, 3.05) is 25.0 Å². The van der Waals surface area contributed by atoms with E-state index in [4.69, 9.17) is 0 Å². The number of carbonyl (C=O) groups is 1. The number of hydrogen-bond donors (Lipinski definition) is 1. The first-order valence-electron chi connectivity index (χ1n) is 8.61. The fraction of sp³-hybridized carbons (Fsp3) is 0.421. The summed E-state index contributed by atoms with van der Waals surface area (Å²) in [5.41, 5.74) is 1.71. The molecule has 1 amide bonds. The molecule has 0 aliphatic carbocycles. The zero-order valence-corrected chi connectivity index (χ0v) is 14.1. The van der Waals surface area contributed by atoms with Gasteiger partial charge in [0.2, 0.25) is 0 Å². The first-order chi connectivity index (χ1) is 11.7. The van der Waals surface area contributed by atoms with Crippen LogP contribution in [0.15, 0.2) is 42.7 Å². The van der Waals surface area contributed by atoms with Crippen LogP contribution in [0.4, 0.5) is 5.82 Å². The van der Waals surface area contributed by atoms with Crippen molar-refractivity contribution in [2.45, 2.75) is 26.2 Å². The lowest BCUT2D eigenvalue weighted by molar-refractivity contribution is 0.0676. The molecule has 1 atom stereocenters. The Morgan fingerprint density at radius 2 is 2.08 bits per heavy atom. The summed E-state index contributed by atoms with van der Waals surface area (Å²) in [6, 6.07) is 10.3. The minimum atomic E-state index is -0.00937. The SMILES string of the molecule is CC1CCCN(C(=O)c2cnc(NCCc3ccccc3)cn2)C1. The molecule has 0 spiro atoms. The van der Waals surface area contributed by atoms with Crippen molar-refractivity contribution in [1.82, 2.24) is 14.9 Å². The number of rotatable bonds is 5. The smallest absolute Gasteiger partial charge is 0.274 e. The number of anilines is 1. The average molecular weight is 324 g/mol. The van der Waals surface area contributed by atoms with Crippen LogP contribution in [0.3, 0.4) is 0 Å². The predicted molar refractivity (Wildman–Crippen MR) is 95.0 cm³/mol. The predicted octanol–water partition coefficient (Wildman–Crippen LogP) is 3.00. The first kappa shape index (κ1) is 16.4. The topological polar surface area (TPSA) is 58.1 Å². The van der Waals surface area contributed by atoms with Crippen LogP contribution in [0.5, 0.6) is 0 Å². The highest BCUT2D eigenvalue weighted by molar-refractivity contribution is 5.92. The highest BCUT2D eigenvalue weighted by Gasteiger charge is 2.22. The Hall–Kier alpha value is -2.43. The van der Waals surface area contributed by atoms with Crippen molar-refractivity contribution < 1.29 is 4.79 Å². The third-order valence-electron chi connectivity index (χ3n) is 4.38. The van der Waals surface area contributed by atoms with Crippen molar-refractivity contribution in [1.29, 1.82) is 0 Å². The van der Waals surface area contributed by atoms with E-state index in [-0.39, 0.29) is 5.91 Å². The normalized spacial score (nSPS) is 17.5. The van der Waals surface area contributed by atoms with Crippen LogP contribution < -0.4 is 5.32 Å². The fourth-order valence-electron chi connectivity index (χ4n) is 3.05. The molecule has 126 valence electrons. The minimum absolute atomic E-state index is 0.00937. The quantitative estimate of drug-likeness (QED) is 0.918. The van der Waals surface area contributed by atoms with Gasteiger partial charge in [0.1, 0.15) is 11.5 Å². The molecule has 1 fully saturated rings. The number of nitrogens with zero attached hydrogens (tertiary/aromatic N) is 3. The Morgan fingerprint density at radius 1 is 1.25 bits per heavy atom. The number of hydrogen-bond acceptors (Lipinski definition) is 4. The molecule has 0 bridgehead atoms. The number of piperidine rings is 1. The molecular weight excluding hydrogens is 300 g/mol. The molecule has 1 unspecified atom stereocenters. The number of nitrogens with one attached hydrogen (secondary N) is 1. The van der Waals surface area contributed by atoms with E-state index in [2.05, 4.69) is 34.3 Å². The van der Waals surface area contributed by atoms with Crippen molar-refractivity contribution in [2.24, 2.45) is 5.92 Å². The van der Waals surface area contributed by atoms with Gasteiger partial charge >= 0.3 is 0 Å². The van der Waals surface area contributed by atoms with Crippen LogP contribution in [-0.2, 0) is 6.42 Å². The Balaban J connectivity index is 1.52. The molecule has 1 aromatic heterocycles. The Morgan fingerprint density at radius 3 is 2.79 bits per heavy atom. The maximum atomic E-state index is 12.5. The molecule has 5 nitrogen and oxygen atoms in total.